The minimum absolute atomic E-state index is 0.0778. The fourth-order valence-electron chi connectivity index (χ4n) is 3.01. The molecule has 0 aromatic heterocycles. The number of amides is 1. The van der Waals surface area contributed by atoms with E-state index in [2.05, 4.69) is 12.0 Å². The molecule has 0 bridgehead atoms. The third-order valence-electron chi connectivity index (χ3n) is 4.32. The largest absolute Gasteiger partial charge is 0.493 e. The van der Waals surface area contributed by atoms with Gasteiger partial charge in [0.05, 0.1) is 26.5 Å². The summed E-state index contributed by atoms with van der Waals surface area (Å²) in [5, 5.41) is 6.13. The first kappa shape index (κ1) is 17.0. The predicted molar refractivity (Wildman–Crippen MR) is 97.5 cm³/mol. The van der Waals surface area contributed by atoms with Gasteiger partial charge in [-0.1, -0.05) is 24.6 Å². The second kappa shape index (κ2) is 6.97. The van der Waals surface area contributed by atoms with Crippen LogP contribution in [0.1, 0.15) is 28.4 Å². The molecule has 0 saturated carbocycles. The lowest BCUT2D eigenvalue weighted by Gasteiger charge is -2.12. The Labute approximate surface area is 147 Å². The first-order valence-corrected chi connectivity index (χ1v) is 8.23. The Hall–Kier alpha value is -2.82. The summed E-state index contributed by atoms with van der Waals surface area (Å²) >= 11 is 0. The third-order valence-corrected chi connectivity index (χ3v) is 4.32. The van der Waals surface area contributed by atoms with Crippen LogP contribution in [0.3, 0.4) is 0 Å². The first-order valence-electron chi connectivity index (χ1n) is 8.23. The lowest BCUT2D eigenvalue weighted by atomic mass is 9.99. The van der Waals surface area contributed by atoms with Crippen molar-refractivity contribution in [1.29, 1.82) is 0 Å². The SMILES string of the molecule is COc1ccc(C2=NN(C(=O)c3cccc(C)c3)CC2C)cc1OC. The predicted octanol–water partition coefficient (Wildman–Crippen LogP) is 3.51. The number of nitrogens with zero attached hydrogens (tertiary/aromatic N) is 2. The highest BCUT2D eigenvalue weighted by Gasteiger charge is 2.29. The highest BCUT2D eigenvalue weighted by molar-refractivity contribution is 6.06. The van der Waals surface area contributed by atoms with Gasteiger partial charge in [-0.15, -0.1) is 0 Å². The van der Waals surface area contributed by atoms with Gasteiger partial charge in [-0.05, 0) is 37.3 Å². The molecule has 1 heterocycles. The maximum absolute atomic E-state index is 12.7. The topological polar surface area (TPSA) is 51.1 Å². The van der Waals surface area contributed by atoms with Crippen LogP contribution in [0.2, 0.25) is 0 Å². The van der Waals surface area contributed by atoms with E-state index in [0.717, 1.165) is 16.8 Å². The van der Waals surface area contributed by atoms with Crippen molar-refractivity contribution in [3.63, 3.8) is 0 Å². The normalized spacial score (nSPS) is 16.6. The van der Waals surface area contributed by atoms with Crippen molar-refractivity contribution in [2.45, 2.75) is 13.8 Å². The van der Waals surface area contributed by atoms with E-state index >= 15 is 0 Å². The molecule has 130 valence electrons. The van der Waals surface area contributed by atoms with E-state index in [4.69, 9.17) is 9.47 Å². The van der Waals surface area contributed by atoms with Crippen molar-refractivity contribution in [2.24, 2.45) is 11.0 Å². The van der Waals surface area contributed by atoms with Gasteiger partial charge in [0.2, 0.25) is 0 Å². The minimum Gasteiger partial charge on any atom is -0.493 e. The van der Waals surface area contributed by atoms with Gasteiger partial charge in [0.25, 0.3) is 5.91 Å². The molecule has 5 heteroatoms. The molecule has 5 nitrogen and oxygen atoms in total. The van der Waals surface area contributed by atoms with E-state index in [1.807, 2.05) is 49.4 Å². The van der Waals surface area contributed by atoms with Crippen molar-refractivity contribution in [2.75, 3.05) is 20.8 Å². The average Bonchev–Trinajstić information content (AvgIpc) is 3.02. The van der Waals surface area contributed by atoms with Crippen LogP contribution in [0.5, 0.6) is 11.5 Å². The van der Waals surface area contributed by atoms with Gasteiger partial charge >= 0.3 is 0 Å². The van der Waals surface area contributed by atoms with Crippen LogP contribution in [-0.2, 0) is 0 Å². The lowest BCUT2D eigenvalue weighted by molar-refractivity contribution is 0.0769. The van der Waals surface area contributed by atoms with E-state index in [-0.39, 0.29) is 11.8 Å². The monoisotopic (exact) mass is 338 g/mol. The fourth-order valence-corrected chi connectivity index (χ4v) is 3.01. The van der Waals surface area contributed by atoms with Crippen LogP contribution in [0.4, 0.5) is 0 Å². The zero-order valence-corrected chi connectivity index (χ0v) is 14.9. The summed E-state index contributed by atoms with van der Waals surface area (Å²) in [6, 6.07) is 13.3. The second-order valence-corrected chi connectivity index (χ2v) is 6.21. The van der Waals surface area contributed by atoms with Crippen molar-refractivity contribution in [3.05, 3.63) is 59.2 Å². The molecule has 0 aliphatic carbocycles. The molecule has 2 aromatic carbocycles. The summed E-state index contributed by atoms with van der Waals surface area (Å²) < 4.78 is 10.6. The summed E-state index contributed by atoms with van der Waals surface area (Å²) in [6.07, 6.45) is 0. The van der Waals surface area contributed by atoms with Gasteiger partial charge in [-0.3, -0.25) is 4.79 Å². The molecule has 25 heavy (non-hydrogen) atoms. The molecule has 0 N–H and O–H groups in total. The van der Waals surface area contributed by atoms with Crippen LogP contribution >= 0.6 is 0 Å². The molecule has 0 fully saturated rings. The van der Waals surface area contributed by atoms with E-state index in [0.29, 0.717) is 23.6 Å². The Kier molecular flexibility index (Phi) is 4.74. The Bertz CT molecular complexity index is 829. The minimum atomic E-state index is -0.0778. The van der Waals surface area contributed by atoms with Crippen molar-refractivity contribution < 1.29 is 14.3 Å². The molecule has 1 aliphatic heterocycles. The summed E-state index contributed by atoms with van der Waals surface area (Å²) in [7, 11) is 3.21. The quantitative estimate of drug-likeness (QED) is 0.857. The molecule has 1 amide bonds. The molecule has 1 atom stereocenters. The van der Waals surface area contributed by atoms with Gasteiger partial charge in [-0.2, -0.15) is 5.10 Å². The highest BCUT2D eigenvalue weighted by atomic mass is 16.5. The number of hydrogen-bond donors (Lipinski definition) is 0. The molecule has 1 aliphatic rings. The number of carbonyl (C=O) groups excluding carboxylic acids is 1. The average molecular weight is 338 g/mol. The van der Waals surface area contributed by atoms with Gasteiger partial charge in [0.1, 0.15) is 0 Å². The first-order chi connectivity index (χ1) is 12.0. The van der Waals surface area contributed by atoms with Crippen LogP contribution in [0, 0.1) is 12.8 Å². The van der Waals surface area contributed by atoms with Crippen molar-refractivity contribution in [1.82, 2.24) is 5.01 Å². The summed E-state index contributed by atoms with van der Waals surface area (Å²) in [4.78, 5) is 12.7. The second-order valence-electron chi connectivity index (χ2n) is 6.21. The Balaban J connectivity index is 1.90. The molecule has 3 rings (SSSR count). The number of hydrogen-bond acceptors (Lipinski definition) is 4. The van der Waals surface area contributed by atoms with Crippen LogP contribution in [0.25, 0.3) is 0 Å². The number of aryl methyl sites for hydroxylation is 1. The van der Waals surface area contributed by atoms with Crippen molar-refractivity contribution >= 4 is 11.6 Å². The molecular weight excluding hydrogens is 316 g/mol. The number of rotatable bonds is 4. The van der Waals surface area contributed by atoms with Gasteiger partial charge < -0.3 is 9.47 Å². The van der Waals surface area contributed by atoms with E-state index < -0.39 is 0 Å². The van der Waals surface area contributed by atoms with Gasteiger partial charge in [-0.25, -0.2) is 5.01 Å². The van der Waals surface area contributed by atoms with E-state index in [1.54, 1.807) is 19.2 Å². The maximum atomic E-state index is 12.7. The van der Waals surface area contributed by atoms with Crippen LogP contribution in [-0.4, -0.2) is 37.4 Å². The highest BCUT2D eigenvalue weighted by Crippen LogP contribution is 2.30. The Morgan fingerprint density at radius 3 is 2.56 bits per heavy atom. The molecule has 0 spiro atoms. The summed E-state index contributed by atoms with van der Waals surface area (Å²) in [5.41, 5.74) is 3.53. The molecule has 2 aromatic rings. The molecule has 0 saturated heterocycles. The van der Waals surface area contributed by atoms with Crippen molar-refractivity contribution in [3.8, 4) is 11.5 Å². The van der Waals surface area contributed by atoms with E-state index in [9.17, 15) is 4.79 Å². The molecular formula is C20H22N2O3. The number of hydrazone groups is 1. The smallest absolute Gasteiger partial charge is 0.273 e. The Morgan fingerprint density at radius 1 is 1.12 bits per heavy atom. The van der Waals surface area contributed by atoms with E-state index in [1.165, 1.54) is 0 Å². The summed E-state index contributed by atoms with van der Waals surface area (Å²) in [6.45, 7) is 4.61. The maximum Gasteiger partial charge on any atom is 0.273 e. The summed E-state index contributed by atoms with van der Waals surface area (Å²) in [5.74, 6) is 1.39. The fraction of sp³-hybridized carbons (Fsp3) is 0.300. The number of methoxy groups -OCH3 is 2. The molecule has 0 radical (unpaired) electrons. The lowest BCUT2D eigenvalue weighted by Crippen LogP contribution is -2.25. The van der Waals surface area contributed by atoms with Gasteiger partial charge in [0, 0.05) is 17.0 Å². The van der Waals surface area contributed by atoms with Crippen LogP contribution in [0.15, 0.2) is 47.6 Å². The third kappa shape index (κ3) is 3.36. The number of ether oxygens (including phenoxy) is 2. The zero-order chi connectivity index (χ0) is 18.0. The molecule has 1 unspecified atom stereocenters. The zero-order valence-electron chi connectivity index (χ0n) is 14.9. The standard InChI is InChI=1S/C20H22N2O3/c1-13-6-5-7-16(10-13)20(23)22-12-14(2)19(21-22)15-8-9-17(24-3)18(11-15)25-4/h5-11,14H,12H2,1-4H3. The Morgan fingerprint density at radius 2 is 1.88 bits per heavy atom. The van der Waals surface area contributed by atoms with Gasteiger partial charge in [0.15, 0.2) is 11.5 Å². The number of benzene rings is 2. The number of carbonyl (C=O) groups is 1. The van der Waals surface area contributed by atoms with Crippen LogP contribution < -0.4 is 9.47 Å².